The lowest BCUT2D eigenvalue weighted by Gasteiger charge is -2.32. The van der Waals surface area contributed by atoms with E-state index in [0.29, 0.717) is 0 Å². The molecular weight excluding hydrogens is 302 g/mol. The van der Waals surface area contributed by atoms with E-state index >= 15 is 0 Å². The highest BCUT2D eigenvalue weighted by Crippen LogP contribution is 2.21. The molecule has 0 unspecified atom stereocenters. The average Bonchev–Trinajstić information content (AvgIpc) is 2.98. The molecule has 2 aromatic heterocycles. The molecule has 7 heteroatoms. The average molecular weight is 324 g/mol. The smallest absolute Gasteiger partial charge is 0.131 e. The number of nitrogens with zero attached hydrogens (tertiary/aromatic N) is 5. The Balaban J connectivity index is 1.63. The number of halogens is 1. The van der Waals surface area contributed by atoms with E-state index in [0.717, 1.165) is 49.2 Å². The SMILES string of the molecule is Cc1cnn(C[C@@H]2CN(Cc3c(C)nn(C)c3Cl)CCO2)c1. The molecule has 1 saturated heterocycles. The van der Waals surface area contributed by atoms with Crippen LogP contribution in [-0.2, 0) is 24.9 Å². The first-order chi connectivity index (χ1) is 10.5. The molecule has 0 aromatic carbocycles. The fourth-order valence-corrected chi connectivity index (χ4v) is 3.12. The fourth-order valence-electron chi connectivity index (χ4n) is 2.89. The summed E-state index contributed by atoms with van der Waals surface area (Å²) in [7, 11) is 1.88. The van der Waals surface area contributed by atoms with Gasteiger partial charge in [-0.3, -0.25) is 14.3 Å². The second-order valence-electron chi connectivity index (χ2n) is 5.95. The molecule has 0 amide bonds. The predicted molar refractivity (Wildman–Crippen MR) is 84.9 cm³/mol. The highest BCUT2D eigenvalue weighted by atomic mass is 35.5. The van der Waals surface area contributed by atoms with Gasteiger partial charge in [0.1, 0.15) is 5.15 Å². The molecule has 120 valence electrons. The lowest BCUT2D eigenvalue weighted by atomic mass is 10.2. The maximum atomic E-state index is 6.33. The first-order valence-electron chi connectivity index (χ1n) is 7.54. The van der Waals surface area contributed by atoms with Gasteiger partial charge in [0.2, 0.25) is 0 Å². The molecule has 0 spiro atoms. The molecule has 0 saturated carbocycles. The van der Waals surface area contributed by atoms with Crippen molar-refractivity contribution in [2.45, 2.75) is 33.0 Å². The summed E-state index contributed by atoms with van der Waals surface area (Å²) in [5, 5.41) is 9.44. The summed E-state index contributed by atoms with van der Waals surface area (Å²) in [4.78, 5) is 2.38. The van der Waals surface area contributed by atoms with Gasteiger partial charge in [-0.05, 0) is 19.4 Å². The fraction of sp³-hybridized carbons (Fsp3) is 0.600. The van der Waals surface area contributed by atoms with Crippen molar-refractivity contribution in [1.82, 2.24) is 24.5 Å². The third kappa shape index (κ3) is 3.34. The second-order valence-corrected chi connectivity index (χ2v) is 6.30. The van der Waals surface area contributed by atoms with E-state index in [2.05, 4.69) is 15.1 Å². The lowest BCUT2D eigenvalue weighted by molar-refractivity contribution is -0.0402. The monoisotopic (exact) mass is 323 g/mol. The highest BCUT2D eigenvalue weighted by molar-refractivity contribution is 6.30. The van der Waals surface area contributed by atoms with Crippen LogP contribution < -0.4 is 0 Å². The van der Waals surface area contributed by atoms with Crippen LogP contribution >= 0.6 is 11.6 Å². The van der Waals surface area contributed by atoms with Crippen molar-refractivity contribution < 1.29 is 4.74 Å². The highest BCUT2D eigenvalue weighted by Gasteiger charge is 2.23. The first kappa shape index (κ1) is 15.5. The Labute approximate surface area is 135 Å². The zero-order chi connectivity index (χ0) is 15.7. The molecule has 1 fully saturated rings. The van der Waals surface area contributed by atoms with E-state index in [1.54, 1.807) is 4.68 Å². The molecular formula is C15H22ClN5O. The van der Waals surface area contributed by atoms with E-state index < -0.39 is 0 Å². The van der Waals surface area contributed by atoms with Gasteiger partial charge in [-0.2, -0.15) is 10.2 Å². The van der Waals surface area contributed by atoms with Crippen LogP contribution in [0.4, 0.5) is 0 Å². The van der Waals surface area contributed by atoms with Crippen LogP contribution in [0.25, 0.3) is 0 Å². The summed E-state index contributed by atoms with van der Waals surface area (Å²) < 4.78 is 9.55. The van der Waals surface area contributed by atoms with E-state index in [4.69, 9.17) is 16.3 Å². The zero-order valence-electron chi connectivity index (χ0n) is 13.3. The summed E-state index contributed by atoms with van der Waals surface area (Å²) in [6.07, 6.45) is 4.08. The molecule has 6 nitrogen and oxygen atoms in total. The van der Waals surface area contributed by atoms with Gasteiger partial charge in [0, 0.05) is 38.4 Å². The van der Waals surface area contributed by atoms with Crippen molar-refractivity contribution in [3.8, 4) is 0 Å². The Morgan fingerprint density at radius 2 is 2.23 bits per heavy atom. The topological polar surface area (TPSA) is 48.1 Å². The van der Waals surface area contributed by atoms with Crippen molar-refractivity contribution >= 4 is 11.6 Å². The minimum absolute atomic E-state index is 0.156. The van der Waals surface area contributed by atoms with E-state index in [1.807, 2.05) is 38.0 Å². The summed E-state index contributed by atoms with van der Waals surface area (Å²) in [6, 6.07) is 0. The second kappa shape index (κ2) is 6.40. The molecule has 2 aromatic rings. The number of ether oxygens (including phenoxy) is 1. The maximum Gasteiger partial charge on any atom is 0.131 e. The molecule has 1 atom stereocenters. The van der Waals surface area contributed by atoms with Crippen molar-refractivity contribution in [1.29, 1.82) is 0 Å². The van der Waals surface area contributed by atoms with Crippen LogP contribution in [-0.4, -0.2) is 50.3 Å². The standard InChI is InChI=1S/C15H22ClN5O/c1-11-6-17-21(7-11)9-13-8-20(4-5-22-13)10-14-12(2)18-19(3)15(14)16/h6-7,13H,4-5,8-10H2,1-3H3/t13-/m0/s1. The molecule has 0 bridgehead atoms. The van der Waals surface area contributed by atoms with Gasteiger partial charge in [0.25, 0.3) is 0 Å². The van der Waals surface area contributed by atoms with Gasteiger partial charge in [0.15, 0.2) is 0 Å². The van der Waals surface area contributed by atoms with E-state index in [-0.39, 0.29) is 6.10 Å². The van der Waals surface area contributed by atoms with Crippen molar-refractivity contribution in [2.75, 3.05) is 19.7 Å². The molecule has 3 heterocycles. The predicted octanol–water partition coefficient (Wildman–Crippen LogP) is 1.79. The van der Waals surface area contributed by atoms with E-state index in [9.17, 15) is 0 Å². The minimum atomic E-state index is 0.156. The van der Waals surface area contributed by atoms with Crippen LogP contribution in [0, 0.1) is 13.8 Å². The maximum absolute atomic E-state index is 6.33. The molecule has 1 aliphatic rings. The first-order valence-corrected chi connectivity index (χ1v) is 7.91. The van der Waals surface area contributed by atoms with Gasteiger partial charge in [-0.25, -0.2) is 0 Å². The molecule has 3 rings (SSSR count). The van der Waals surface area contributed by atoms with Gasteiger partial charge >= 0.3 is 0 Å². The Hall–Kier alpha value is -1.37. The summed E-state index contributed by atoms with van der Waals surface area (Å²) in [5.41, 5.74) is 3.28. The Kier molecular flexibility index (Phi) is 4.52. The van der Waals surface area contributed by atoms with Crippen LogP contribution in [0.3, 0.4) is 0 Å². The van der Waals surface area contributed by atoms with Crippen LogP contribution in [0.1, 0.15) is 16.8 Å². The largest absolute Gasteiger partial charge is 0.374 e. The quantitative estimate of drug-likeness (QED) is 0.860. The third-order valence-electron chi connectivity index (χ3n) is 4.03. The number of hydrogen-bond acceptors (Lipinski definition) is 4. The molecule has 1 aliphatic heterocycles. The van der Waals surface area contributed by atoms with Crippen LogP contribution in [0.2, 0.25) is 5.15 Å². The number of aromatic nitrogens is 4. The van der Waals surface area contributed by atoms with Crippen molar-refractivity contribution in [3.05, 3.63) is 34.4 Å². The molecule has 0 radical (unpaired) electrons. The number of rotatable bonds is 4. The van der Waals surface area contributed by atoms with E-state index in [1.165, 1.54) is 5.56 Å². The van der Waals surface area contributed by atoms with Gasteiger partial charge in [0.05, 0.1) is 31.1 Å². The summed E-state index contributed by atoms with van der Waals surface area (Å²) >= 11 is 6.33. The third-order valence-corrected chi connectivity index (χ3v) is 4.50. The van der Waals surface area contributed by atoms with Crippen molar-refractivity contribution in [3.63, 3.8) is 0 Å². The molecule has 0 N–H and O–H groups in total. The van der Waals surface area contributed by atoms with Gasteiger partial charge in [-0.15, -0.1) is 0 Å². The Morgan fingerprint density at radius 1 is 1.41 bits per heavy atom. The normalized spacial score (nSPS) is 19.7. The lowest BCUT2D eigenvalue weighted by Crippen LogP contribution is -2.43. The Morgan fingerprint density at radius 3 is 2.86 bits per heavy atom. The van der Waals surface area contributed by atoms with Gasteiger partial charge in [-0.1, -0.05) is 11.6 Å². The molecule has 0 aliphatic carbocycles. The molecule has 22 heavy (non-hydrogen) atoms. The summed E-state index contributed by atoms with van der Waals surface area (Å²) in [6.45, 7) is 8.18. The number of morpholine rings is 1. The van der Waals surface area contributed by atoms with Crippen molar-refractivity contribution in [2.24, 2.45) is 7.05 Å². The Bertz CT molecular complexity index is 650. The number of aryl methyl sites for hydroxylation is 3. The van der Waals surface area contributed by atoms with Crippen LogP contribution in [0.15, 0.2) is 12.4 Å². The number of hydrogen-bond donors (Lipinski definition) is 0. The minimum Gasteiger partial charge on any atom is -0.374 e. The summed E-state index contributed by atoms with van der Waals surface area (Å²) in [5.74, 6) is 0. The van der Waals surface area contributed by atoms with Crippen LogP contribution in [0.5, 0.6) is 0 Å². The zero-order valence-corrected chi connectivity index (χ0v) is 14.0. The van der Waals surface area contributed by atoms with Gasteiger partial charge < -0.3 is 4.74 Å².